The van der Waals surface area contributed by atoms with Crippen LogP contribution in [-0.2, 0) is 26.2 Å². The fourth-order valence-corrected chi connectivity index (χ4v) is 7.21. The van der Waals surface area contributed by atoms with Crippen molar-refractivity contribution < 1.29 is 14.2 Å². The number of thiazole rings is 1. The average molecular weight is 722 g/mol. The second kappa shape index (κ2) is 18.2. The Balaban J connectivity index is 1.15. The van der Waals surface area contributed by atoms with E-state index in [4.69, 9.17) is 25.8 Å². The number of nitrogens with one attached hydrogen (secondary N) is 1. The van der Waals surface area contributed by atoms with Gasteiger partial charge in [-0.1, -0.05) is 41.9 Å². The van der Waals surface area contributed by atoms with Gasteiger partial charge in [0.15, 0.2) is 0 Å². The molecule has 0 spiro atoms. The highest BCUT2D eigenvalue weighted by atomic mass is 35.5. The number of pyridine rings is 1. The van der Waals surface area contributed by atoms with Crippen LogP contribution in [0.4, 0.5) is 0 Å². The van der Waals surface area contributed by atoms with Crippen molar-refractivity contribution in [3.8, 4) is 34.4 Å². The Bertz CT molecular complexity index is 1940. The second-order valence-corrected chi connectivity index (χ2v) is 14.0. The van der Waals surface area contributed by atoms with E-state index in [0.29, 0.717) is 41.8 Å². The standard InChI is InChI=1S/C41H44ClN5O3S/c1-29-33(8-5-9-36(29)37-10-6-11-39(30(37)2)48-17-7-16-47-14-3-4-15-47)26-50-41-20-40(49-25-32-18-31(21-43)22-45-23-32)34(19-38(41)42)24-44-13-12-35-27-51-28-46-35/h5-6,8-11,18-20,22-23,27-28,44H,3-4,7,12-17,24-26H2,1-2H3. The number of rotatable bonds is 17. The first-order chi connectivity index (χ1) is 25.0. The van der Waals surface area contributed by atoms with E-state index in [1.807, 2.05) is 17.6 Å². The Morgan fingerprint density at radius 3 is 2.51 bits per heavy atom. The molecule has 0 radical (unpaired) electrons. The number of nitrogens with zero attached hydrogens (tertiary/aromatic N) is 4. The summed E-state index contributed by atoms with van der Waals surface area (Å²) in [5, 5.41) is 15.4. The summed E-state index contributed by atoms with van der Waals surface area (Å²) in [5.41, 5.74) is 10.8. The molecule has 2 aromatic heterocycles. The minimum Gasteiger partial charge on any atom is -0.493 e. The van der Waals surface area contributed by atoms with Gasteiger partial charge < -0.3 is 24.4 Å². The van der Waals surface area contributed by atoms with Crippen LogP contribution in [0.5, 0.6) is 17.2 Å². The van der Waals surface area contributed by atoms with Crippen LogP contribution >= 0.6 is 22.9 Å². The van der Waals surface area contributed by atoms with E-state index < -0.39 is 0 Å². The summed E-state index contributed by atoms with van der Waals surface area (Å²) >= 11 is 8.43. The van der Waals surface area contributed by atoms with Gasteiger partial charge in [0.2, 0.25) is 0 Å². The van der Waals surface area contributed by atoms with Gasteiger partial charge in [-0.3, -0.25) is 4.98 Å². The number of halogens is 1. The Kier molecular flexibility index (Phi) is 12.9. The van der Waals surface area contributed by atoms with Gasteiger partial charge in [-0.15, -0.1) is 11.3 Å². The van der Waals surface area contributed by atoms with Crippen LogP contribution in [0, 0.1) is 25.2 Å². The Morgan fingerprint density at radius 2 is 1.71 bits per heavy atom. The van der Waals surface area contributed by atoms with Crippen molar-refractivity contribution in [2.24, 2.45) is 0 Å². The van der Waals surface area contributed by atoms with Crippen LogP contribution in [0.1, 0.15) is 58.3 Å². The number of nitriles is 1. The van der Waals surface area contributed by atoms with Gasteiger partial charge in [-0.05, 0) is 92.2 Å². The first kappa shape index (κ1) is 36.3. The molecule has 0 amide bonds. The minimum absolute atomic E-state index is 0.247. The molecule has 51 heavy (non-hydrogen) atoms. The maximum Gasteiger partial charge on any atom is 0.142 e. The van der Waals surface area contributed by atoms with E-state index in [9.17, 15) is 5.26 Å². The molecular weight excluding hydrogens is 678 g/mol. The maximum absolute atomic E-state index is 9.32. The molecule has 1 fully saturated rings. The highest BCUT2D eigenvalue weighted by Gasteiger charge is 2.16. The fraction of sp³-hybridized carbons (Fsp3) is 0.341. The molecule has 5 aromatic rings. The quantitative estimate of drug-likeness (QED) is 0.0954. The van der Waals surface area contributed by atoms with E-state index in [2.05, 4.69) is 81.9 Å². The molecular formula is C41H44ClN5O3S. The van der Waals surface area contributed by atoms with Gasteiger partial charge in [-0.2, -0.15) is 5.26 Å². The number of aromatic nitrogens is 2. The Hall–Kier alpha value is -4.46. The minimum atomic E-state index is 0.247. The molecule has 1 aliphatic heterocycles. The largest absolute Gasteiger partial charge is 0.493 e. The van der Waals surface area contributed by atoms with Crippen molar-refractivity contribution in [1.82, 2.24) is 20.2 Å². The summed E-state index contributed by atoms with van der Waals surface area (Å²) in [5.74, 6) is 2.12. The fourth-order valence-electron chi connectivity index (χ4n) is 6.37. The molecule has 1 aliphatic rings. The number of ether oxygens (including phenoxy) is 3. The Labute approximate surface area is 310 Å². The molecule has 8 nitrogen and oxygen atoms in total. The van der Waals surface area contributed by atoms with Crippen LogP contribution < -0.4 is 19.5 Å². The third-order valence-electron chi connectivity index (χ3n) is 9.27. The lowest BCUT2D eigenvalue weighted by Crippen LogP contribution is -2.22. The smallest absolute Gasteiger partial charge is 0.142 e. The number of hydrogen-bond acceptors (Lipinski definition) is 9. The van der Waals surface area contributed by atoms with Crippen molar-refractivity contribution >= 4 is 22.9 Å². The third kappa shape index (κ3) is 9.87. The van der Waals surface area contributed by atoms with Crippen LogP contribution in [0.25, 0.3) is 11.1 Å². The molecule has 3 aromatic carbocycles. The molecule has 1 saturated heterocycles. The van der Waals surface area contributed by atoms with E-state index in [-0.39, 0.29) is 6.61 Å². The normalized spacial score (nSPS) is 12.9. The maximum atomic E-state index is 9.32. The summed E-state index contributed by atoms with van der Waals surface area (Å²) in [6.45, 7) is 10.4. The van der Waals surface area contributed by atoms with Crippen LogP contribution in [0.3, 0.4) is 0 Å². The lowest BCUT2D eigenvalue weighted by molar-refractivity contribution is 0.262. The predicted molar refractivity (Wildman–Crippen MR) is 204 cm³/mol. The molecule has 0 saturated carbocycles. The number of hydrogen-bond donors (Lipinski definition) is 1. The molecule has 0 bridgehead atoms. The van der Waals surface area contributed by atoms with E-state index in [1.54, 1.807) is 23.6 Å². The molecule has 0 atom stereocenters. The van der Waals surface area contributed by atoms with Gasteiger partial charge in [0.05, 0.1) is 28.4 Å². The third-order valence-corrected chi connectivity index (χ3v) is 10.2. The van der Waals surface area contributed by atoms with Crippen LogP contribution in [0.2, 0.25) is 5.02 Å². The van der Waals surface area contributed by atoms with Crippen molar-refractivity contribution in [1.29, 1.82) is 5.26 Å². The highest BCUT2D eigenvalue weighted by Crippen LogP contribution is 2.36. The van der Waals surface area contributed by atoms with Gasteiger partial charge in [-0.25, -0.2) is 4.98 Å². The zero-order valence-corrected chi connectivity index (χ0v) is 30.9. The van der Waals surface area contributed by atoms with Crippen LogP contribution in [0.15, 0.2) is 77.9 Å². The molecule has 10 heteroatoms. The SMILES string of the molecule is Cc1c(COc2cc(OCc3cncc(C#N)c3)c(CNCCc3cscn3)cc2Cl)cccc1-c1cccc(OCCCN2CCCC2)c1C. The summed E-state index contributed by atoms with van der Waals surface area (Å²) in [4.78, 5) is 11.1. The molecule has 3 heterocycles. The van der Waals surface area contributed by atoms with Gasteiger partial charge in [0, 0.05) is 61.0 Å². The molecule has 1 N–H and O–H groups in total. The van der Waals surface area contributed by atoms with Crippen LogP contribution in [-0.4, -0.2) is 47.7 Å². The zero-order valence-electron chi connectivity index (χ0n) is 29.3. The summed E-state index contributed by atoms with van der Waals surface area (Å²) in [6.07, 6.45) is 7.72. The average Bonchev–Trinajstić information content (AvgIpc) is 3.88. The first-order valence-electron chi connectivity index (χ1n) is 17.5. The highest BCUT2D eigenvalue weighted by molar-refractivity contribution is 7.07. The van der Waals surface area contributed by atoms with E-state index in [0.717, 1.165) is 76.3 Å². The first-order valence-corrected chi connectivity index (χ1v) is 18.8. The van der Waals surface area contributed by atoms with Crippen molar-refractivity contribution in [3.05, 3.63) is 122 Å². The van der Waals surface area contributed by atoms with Crippen molar-refractivity contribution in [2.45, 2.75) is 59.3 Å². The summed E-state index contributed by atoms with van der Waals surface area (Å²) in [7, 11) is 0. The Morgan fingerprint density at radius 1 is 0.902 bits per heavy atom. The van der Waals surface area contributed by atoms with E-state index >= 15 is 0 Å². The predicted octanol–water partition coefficient (Wildman–Crippen LogP) is 8.70. The number of likely N-dealkylation sites (tertiary alicyclic amines) is 1. The lowest BCUT2D eigenvalue weighted by Gasteiger charge is -2.19. The monoisotopic (exact) mass is 721 g/mol. The van der Waals surface area contributed by atoms with Gasteiger partial charge >= 0.3 is 0 Å². The van der Waals surface area contributed by atoms with E-state index in [1.165, 1.54) is 32.1 Å². The molecule has 6 rings (SSSR count). The van der Waals surface area contributed by atoms with Gasteiger partial charge in [0.1, 0.15) is 36.5 Å². The van der Waals surface area contributed by atoms with Crippen molar-refractivity contribution in [3.63, 3.8) is 0 Å². The topological polar surface area (TPSA) is 92.5 Å². The molecule has 264 valence electrons. The lowest BCUT2D eigenvalue weighted by atomic mass is 9.93. The number of benzene rings is 3. The molecule has 0 aliphatic carbocycles. The van der Waals surface area contributed by atoms with Gasteiger partial charge in [0.25, 0.3) is 0 Å². The molecule has 0 unspecified atom stereocenters. The zero-order chi connectivity index (χ0) is 35.4. The van der Waals surface area contributed by atoms with Crippen molar-refractivity contribution in [2.75, 3.05) is 32.8 Å². The summed E-state index contributed by atoms with van der Waals surface area (Å²) < 4.78 is 19.0. The second-order valence-electron chi connectivity index (χ2n) is 12.8. The summed E-state index contributed by atoms with van der Waals surface area (Å²) in [6, 6.07) is 20.3.